The van der Waals surface area contributed by atoms with Crippen molar-refractivity contribution in [2.45, 2.75) is 45.5 Å². The van der Waals surface area contributed by atoms with Gasteiger partial charge < -0.3 is 15.1 Å². The Bertz CT molecular complexity index is 445. The maximum Gasteiger partial charge on any atom is 0.418 e. The first-order valence-electron chi connectivity index (χ1n) is 7.07. The van der Waals surface area contributed by atoms with E-state index in [0.717, 1.165) is 6.07 Å². The third kappa shape index (κ3) is 4.35. The molecule has 0 heterocycles. The van der Waals surface area contributed by atoms with Crippen LogP contribution in [0.5, 0.6) is 0 Å². The second-order valence-corrected chi connectivity index (χ2v) is 4.89. The van der Waals surface area contributed by atoms with Crippen LogP contribution in [-0.4, -0.2) is 29.4 Å². The lowest BCUT2D eigenvalue weighted by Gasteiger charge is -2.34. The van der Waals surface area contributed by atoms with Crippen LogP contribution < -0.4 is 4.90 Å². The summed E-state index contributed by atoms with van der Waals surface area (Å²) < 4.78 is 39.8. The summed E-state index contributed by atoms with van der Waals surface area (Å²) in [5.41, 5.74) is -0.489. The van der Waals surface area contributed by atoms with Crippen molar-refractivity contribution in [2.75, 3.05) is 18.1 Å². The number of hydrogen-bond donors (Lipinski definition) is 2. The van der Waals surface area contributed by atoms with Gasteiger partial charge in [-0.2, -0.15) is 13.2 Å². The molecule has 0 atom stereocenters. The van der Waals surface area contributed by atoms with Crippen molar-refractivity contribution in [3.63, 3.8) is 0 Å². The number of benzene rings is 1. The van der Waals surface area contributed by atoms with Gasteiger partial charge in [-0.05, 0) is 30.5 Å². The van der Waals surface area contributed by atoms with Crippen molar-refractivity contribution in [3.05, 3.63) is 29.3 Å². The lowest BCUT2D eigenvalue weighted by atomic mass is 10.0. The molecule has 6 heteroatoms. The monoisotopic (exact) mass is 305 g/mol. The number of aliphatic hydroxyl groups is 2. The molecule has 0 radical (unpaired) electrons. The SMILES string of the molecule is CCC(CC)N(CCO)c1ccc(CO)cc1C(F)(F)F. The van der Waals surface area contributed by atoms with Crippen LogP contribution in [0.1, 0.15) is 37.8 Å². The van der Waals surface area contributed by atoms with Gasteiger partial charge in [-0.25, -0.2) is 0 Å². The van der Waals surface area contributed by atoms with Gasteiger partial charge in [-0.15, -0.1) is 0 Å². The van der Waals surface area contributed by atoms with E-state index in [2.05, 4.69) is 0 Å². The Kier molecular flexibility index (Phi) is 6.48. The van der Waals surface area contributed by atoms with Crippen LogP contribution in [0.2, 0.25) is 0 Å². The fraction of sp³-hybridized carbons (Fsp3) is 0.600. The van der Waals surface area contributed by atoms with Gasteiger partial charge in [0.2, 0.25) is 0 Å². The molecule has 0 aliphatic rings. The molecular weight excluding hydrogens is 283 g/mol. The number of rotatable bonds is 7. The lowest BCUT2D eigenvalue weighted by molar-refractivity contribution is -0.137. The van der Waals surface area contributed by atoms with Crippen molar-refractivity contribution >= 4 is 5.69 Å². The van der Waals surface area contributed by atoms with E-state index in [9.17, 15) is 13.2 Å². The minimum Gasteiger partial charge on any atom is -0.395 e. The van der Waals surface area contributed by atoms with Gasteiger partial charge in [0.05, 0.1) is 18.8 Å². The zero-order valence-electron chi connectivity index (χ0n) is 12.3. The van der Waals surface area contributed by atoms with Gasteiger partial charge in [0.15, 0.2) is 0 Å². The van der Waals surface area contributed by atoms with Gasteiger partial charge in [-0.1, -0.05) is 19.9 Å². The highest BCUT2D eigenvalue weighted by molar-refractivity contribution is 5.57. The third-order valence-corrected chi connectivity index (χ3v) is 3.58. The molecule has 0 aliphatic heterocycles. The van der Waals surface area contributed by atoms with E-state index in [-0.39, 0.29) is 30.4 Å². The second kappa shape index (κ2) is 7.66. The summed E-state index contributed by atoms with van der Waals surface area (Å²) in [5, 5.41) is 18.2. The summed E-state index contributed by atoms with van der Waals surface area (Å²) in [7, 11) is 0. The van der Waals surface area contributed by atoms with Crippen molar-refractivity contribution in [1.82, 2.24) is 0 Å². The van der Waals surface area contributed by atoms with Crippen LogP contribution in [0.25, 0.3) is 0 Å². The minimum atomic E-state index is -4.50. The first-order chi connectivity index (χ1) is 9.88. The molecule has 1 aromatic carbocycles. The summed E-state index contributed by atoms with van der Waals surface area (Å²) >= 11 is 0. The van der Waals surface area contributed by atoms with Crippen molar-refractivity contribution < 1.29 is 23.4 Å². The predicted octanol–water partition coefficient (Wildman–Crippen LogP) is 3.19. The Morgan fingerprint density at radius 1 is 1.14 bits per heavy atom. The van der Waals surface area contributed by atoms with Crippen molar-refractivity contribution in [1.29, 1.82) is 0 Å². The average molecular weight is 305 g/mol. The van der Waals surface area contributed by atoms with Gasteiger partial charge in [-0.3, -0.25) is 0 Å². The minimum absolute atomic E-state index is 0.0578. The van der Waals surface area contributed by atoms with Gasteiger partial charge in [0.1, 0.15) is 0 Å². The number of anilines is 1. The van der Waals surface area contributed by atoms with Crippen molar-refractivity contribution in [2.24, 2.45) is 0 Å². The predicted molar refractivity (Wildman–Crippen MR) is 76.2 cm³/mol. The number of halogens is 3. The second-order valence-electron chi connectivity index (χ2n) is 4.89. The molecule has 1 rings (SSSR count). The molecular formula is C15H22F3NO2. The third-order valence-electron chi connectivity index (χ3n) is 3.58. The van der Waals surface area contributed by atoms with E-state index in [1.165, 1.54) is 12.1 Å². The topological polar surface area (TPSA) is 43.7 Å². The number of alkyl halides is 3. The summed E-state index contributed by atoms with van der Waals surface area (Å²) in [4.78, 5) is 1.60. The Morgan fingerprint density at radius 2 is 1.76 bits per heavy atom. The maximum atomic E-state index is 13.3. The molecule has 2 N–H and O–H groups in total. The molecule has 1 aromatic rings. The van der Waals surface area contributed by atoms with E-state index in [1.807, 2.05) is 13.8 Å². The molecule has 0 saturated heterocycles. The van der Waals surface area contributed by atoms with Crippen molar-refractivity contribution in [3.8, 4) is 0 Å². The molecule has 0 aliphatic carbocycles. The molecule has 0 bridgehead atoms. The zero-order chi connectivity index (χ0) is 16.0. The molecule has 0 saturated carbocycles. The zero-order valence-corrected chi connectivity index (χ0v) is 12.3. The normalized spacial score (nSPS) is 12.0. The number of nitrogens with zero attached hydrogens (tertiary/aromatic N) is 1. The number of hydrogen-bond acceptors (Lipinski definition) is 3. The van der Waals surface area contributed by atoms with E-state index < -0.39 is 18.3 Å². The summed E-state index contributed by atoms with van der Waals surface area (Å²) in [6, 6.07) is 3.76. The first kappa shape index (κ1) is 17.8. The highest BCUT2D eigenvalue weighted by Gasteiger charge is 2.36. The fourth-order valence-corrected chi connectivity index (χ4v) is 2.50. The van der Waals surface area contributed by atoms with Crippen LogP contribution in [0.4, 0.5) is 18.9 Å². The van der Waals surface area contributed by atoms with E-state index in [4.69, 9.17) is 10.2 Å². The Hall–Kier alpha value is -1.27. The van der Waals surface area contributed by atoms with E-state index in [1.54, 1.807) is 4.90 Å². The van der Waals surface area contributed by atoms with Gasteiger partial charge >= 0.3 is 6.18 Å². The molecule has 21 heavy (non-hydrogen) atoms. The molecule has 0 amide bonds. The highest BCUT2D eigenvalue weighted by Crippen LogP contribution is 2.38. The van der Waals surface area contributed by atoms with Gasteiger partial charge in [0, 0.05) is 18.3 Å². The van der Waals surface area contributed by atoms with E-state index in [0.29, 0.717) is 12.8 Å². The van der Waals surface area contributed by atoms with Crippen LogP contribution in [0.3, 0.4) is 0 Å². The average Bonchev–Trinajstić information content (AvgIpc) is 2.46. The lowest BCUT2D eigenvalue weighted by Crippen LogP contribution is -2.38. The van der Waals surface area contributed by atoms with E-state index >= 15 is 0 Å². The largest absolute Gasteiger partial charge is 0.418 e. The molecule has 120 valence electrons. The molecule has 0 unspecified atom stereocenters. The molecule has 0 spiro atoms. The van der Waals surface area contributed by atoms with Crippen LogP contribution in [0, 0.1) is 0 Å². The Morgan fingerprint density at radius 3 is 2.19 bits per heavy atom. The Balaban J connectivity index is 3.35. The van der Waals surface area contributed by atoms with Crippen LogP contribution in [-0.2, 0) is 12.8 Å². The maximum absolute atomic E-state index is 13.3. The summed E-state index contributed by atoms with van der Waals surface area (Å²) in [6.45, 7) is 3.32. The first-order valence-corrected chi connectivity index (χ1v) is 7.07. The fourth-order valence-electron chi connectivity index (χ4n) is 2.50. The Labute approximate surface area is 123 Å². The molecule has 3 nitrogen and oxygen atoms in total. The quantitative estimate of drug-likeness (QED) is 0.813. The van der Waals surface area contributed by atoms with Gasteiger partial charge in [0.25, 0.3) is 0 Å². The smallest absolute Gasteiger partial charge is 0.395 e. The highest BCUT2D eigenvalue weighted by atomic mass is 19.4. The molecule has 0 fully saturated rings. The summed E-state index contributed by atoms with van der Waals surface area (Å²) in [5.74, 6) is 0. The van der Waals surface area contributed by atoms with Crippen LogP contribution >= 0.6 is 0 Å². The van der Waals surface area contributed by atoms with Crippen LogP contribution in [0.15, 0.2) is 18.2 Å². The standard InChI is InChI=1S/C15H22F3NO2/c1-3-12(4-2)19(7-8-20)14-6-5-11(10-21)9-13(14)15(16,17)18/h5-6,9,12,20-21H,3-4,7-8,10H2,1-2H3. The number of aliphatic hydroxyl groups excluding tert-OH is 2. The molecule has 0 aromatic heterocycles. The summed E-state index contributed by atoms with van der Waals surface area (Å²) in [6.07, 6.45) is -3.12.